The molecule has 13 nitrogen and oxygen atoms in total. The Kier molecular flexibility index (Phi) is 14.2. The maximum atomic E-state index is 14.7. The minimum atomic E-state index is -4.39. The summed E-state index contributed by atoms with van der Waals surface area (Å²) in [5.74, 6) is -0.580. The molecule has 8 aromatic rings. The number of oxazole rings is 2. The van der Waals surface area contributed by atoms with Crippen LogP contribution in [0.1, 0.15) is 74.9 Å². The molecule has 4 aromatic heterocycles. The number of aromatic nitrogens is 4. The Balaban J connectivity index is 0.932. The summed E-state index contributed by atoms with van der Waals surface area (Å²) in [5.41, 5.74) is 12.4. The number of benzene rings is 4. The van der Waals surface area contributed by atoms with Crippen molar-refractivity contribution in [3.63, 3.8) is 0 Å². The number of nitrogens with zero attached hydrogens (tertiary/aromatic N) is 5. The van der Waals surface area contributed by atoms with E-state index in [2.05, 4.69) is 4.98 Å². The Labute approximate surface area is 390 Å². The number of imide groups is 1. The zero-order chi connectivity index (χ0) is 46.9. The molecule has 14 heteroatoms. The van der Waals surface area contributed by atoms with Gasteiger partial charge in [0.05, 0.1) is 17.6 Å². The van der Waals surface area contributed by atoms with E-state index in [9.17, 15) is 22.8 Å². The largest absolute Gasteiger partial charge is 0.441 e. The summed E-state index contributed by atoms with van der Waals surface area (Å²) >= 11 is 0. The molecule has 2 atom stereocenters. The molecule has 67 heavy (non-hydrogen) atoms. The number of hydrogen-bond donors (Lipinski definition) is 1. The molecule has 2 N–H and O–H groups in total. The van der Waals surface area contributed by atoms with Gasteiger partial charge in [-0.15, -0.1) is 0 Å². The van der Waals surface area contributed by atoms with E-state index in [1.807, 2.05) is 116 Å². The van der Waals surface area contributed by atoms with E-state index >= 15 is 0 Å². The maximum absolute atomic E-state index is 14.7. The fourth-order valence-corrected chi connectivity index (χ4v) is 9.19. The first-order valence-corrected chi connectivity index (χ1v) is 24.1. The van der Waals surface area contributed by atoms with E-state index in [4.69, 9.17) is 19.6 Å². The van der Waals surface area contributed by atoms with Crippen LogP contribution in [0.2, 0.25) is 0 Å². The van der Waals surface area contributed by atoms with Gasteiger partial charge in [-0.25, -0.2) is 18.4 Å². The van der Waals surface area contributed by atoms with Crippen molar-refractivity contribution in [3.05, 3.63) is 203 Å². The molecule has 0 aliphatic heterocycles. The topological polar surface area (TPSA) is 177 Å². The number of rotatable bonds is 20. The van der Waals surface area contributed by atoms with E-state index in [1.54, 1.807) is 58.2 Å². The van der Waals surface area contributed by atoms with Gasteiger partial charge in [-0.05, 0) is 116 Å². The molecule has 0 radical (unpaired) electrons. The minimum Gasteiger partial charge on any atom is -0.441 e. The smallest absolute Gasteiger partial charge is 0.286 e. The van der Waals surface area contributed by atoms with Crippen molar-refractivity contribution in [1.29, 1.82) is 0 Å². The van der Waals surface area contributed by atoms with Crippen LogP contribution in [0.3, 0.4) is 0 Å². The lowest BCUT2D eigenvalue weighted by atomic mass is 9.99. The van der Waals surface area contributed by atoms with Crippen LogP contribution in [0, 0.1) is 6.92 Å². The van der Waals surface area contributed by atoms with E-state index < -0.39 is 39.8 Å². The molecule has 0 bridgehead atoms. The van der Waals surface area contributed by atoms with Crippen LogP contribution in [0.5, 0.6) is 0 Å². The Bertz CT molecular complexity index is 3020. The van der Waals surface area contributed by atoms with Crippen LogP contribution in [0.4, 0.5) is 0 Å². The standard InChI is InChI=1S/C53H52N6O7S/c1-37-44(55-50(65-37)42-17-5-3-6-18-42)21-13-15-38-23-27-40(28-24-38)35-46(57-31-9-10-32-57)52(61)59(67(2,63)64)53(62)47(58-33-11-12-34-58)36-41-29-25-39(26-30-41)16-14-22-45-48(49(54)60)66-51(56-45)43-19-7-4-8-20-43/h3-12,17-20,23-34,46-47H,13-16,21-22,35-36H2,1-2H3,(H2,54,60). The normalized spacial score (nSPS) is 12.4. The van der Waals surface area contributed by atoms with Gasteiger partial charge in [-0.2, -0.15) is 4.31 Å². The molecule has 0 aliphatic rings. The monoisotopic (exact) mass is 916 g/mol. The van der Waals surface area contributed by atoms with Crippen LogP contribution in [0.25, 0.3) is 22.9 Å². The Hall–Kier alpha value is -7.58. The third-order valence-electron chi connectivity index (χ3n) is 11.8. The number of amides is 3. The van der Waals surface area contributed by atoms with Gasteiger partial charge in [0, 0.05) is 48.8 Å². The molecule has 4 aromatic carbocycles. The van der Waals surface area contributed by atoms with Gasteiger partial charge >= 0.3 is 0 Å². The maximum Gasteiger partial charge on any atom is 0.286 e. The third kappa shape index (κ3) is 11.3. The first-order valence-electron chi connectivity index (χ1n) is 22.3. The SMILES string of the molecule is Cc1oc(-c2ccccc2)nc1CCCc1ccc(CC(C(=O)N(C(=O)C(Cc2ccc(CCCc3nc(-c4ccccc4)oc3C(N)=O)cc2)n2cccc2)S(C)(=O)=O)n2cccc2)cc1. The van der Waals surface area contributed by atoms with Crippen LogP contribution in [-0.4, -0.2) is 55.8 Å². The molecule has 0 aliphatic carbocycles. The van der Waals surface area contributed by atoms with Crippen LogP contribution in [-0.2, 0) is 58.1 Å². The second-order valence-electron chi connectivity index (χ2n) is 16.7. The number of primary amides is 1. The van der Waals surface area contributed by atoms with Gasteiger partial charge in [-0.1, -0.05) is 84.9 Å². The Morgan fingerprint density at radius 1 is 0.567 bits per heavy atom. The number of aryl methyl sites for hydroxylation is 5. The average molecular weight is 917 g/mol. The quantitative estimate of drug-likeness (QED) is 0.0782. The Morgan fingerprint density at radius 3 is 1.40 bits per heavy atom. The molecular formula is C53H52N6O7S. The van der Waals surface area contributed by atoms with Gasteiger partial charge in [0.1, 0.15) is 17.8 Å². The molecular weight excluding hydrogens is 865 g/mol. The molecule has 0 saturated heterocycles. The third-order valence-corrected chi connectivity index (χ3v) is 12.8. The second kappa shape index (κ2) is 20.7. The molecule has 4 heterocycles. The summed E-state index contributed by atoms with van der Waals surface area (Å²) in [6.07, 6.45) is 12.1. The van der Waals surface area contributed by atoms with Crippen molar-refractivity contribution in [3.8, 4) is 22.9 Å². The Morgan fingerprint density at radius 2 is 0.970 bits per heavy atom. The van der Waals surface area contributed by atoms with E-state index in [1.165, 1.54) is 0 Å². The number of hydrogen-bond acceptors (Lipinski definition) is 9. The van der Waals surface area contributed by atoms with E-state index in [0.29, 0.717) is 41.0 Å². The summed E-state index contributed by atoms with van der Waals surface area (Å²) in [6, 6.07) is 39.7. The highest BCUT2D eigenvalue weighted by Gasteiger charge is 2.40. The lowest BCUT2D eigenvalue weighted by Gasteiger charge is -2.29. The van der Waals surface area contributed by atoms with Gasteiger partial charge in [0.15, 0.2) is 0 Å². The number of sulfonamides is 1. The number of nitrogens with two attached hydrogens (primary N) is 1. The summed E-state index contributed by atoms with van der Waals surface area (Å²) in [4.78, 5) is 50.8. The zero-order valence-corrected chi connectivity index (χ0v) is 38.2. The van der Waals surface area contributed by atoms with Crippen LogP contribution < -0.4 is 5.73 Å². The molecule has 0 spiro atoms. The first kappa shape index (κ1) is 46.0. The van der Waals surface area contributed by atoms with Gasteiger partial charge in [-0.3, -0.25) is 14.4 Å². The highest BCUT2D eigenvalue weighted by atomic mass is 32.2. The molecule has 0 saturated carbocycles. The van der Waals surface area contributed by atoms with Crippen LogP contribution >= 0.6 is 0 Å². The minimum absolute atomic E-state index is 0.0466. The van der Waals surface area contributed by atoms with Crippen molar-refractivity contribution in [1.82, 2.24) is 23.4 Å². The fourth-order valence-electron chi connectivity index (χ4n) is 8.29. The van der Waals surface area contributed by atoms with Gasteiger partial charge in [0.2, 0.25) is 27.6 Å². The molecule has 3 amide bonds. The molecule has 342 valence electrons. The highest BCUT2D eigenvalue weighted by Crippen LogP contribution is 2.28. The van der Waals surface area contributed by atoms with Crippen molar-refractivity contribution in [2.24, 2.45) is 5.73 Å². The average Bonchev–Trinajstić information content (AvgIpc) is 4.18. The summed E-state index contributed by atoms with van der Waals surface area (Å²) < 4.78 is 42.6. The summed E-state index contributed by atoms with van der Waals surface area (Å²) in [7, 11) is -4.39. The zero-order valence-electron chi connectivity index (χ0n) is 37.4. The van der Waals surface area contributed by atoms with E-state index in [-0.39, 0.29) is 18.6 Å². The summed E-state index contributed by atoms with van der Waals surface area (Å²) in [5, 5.41) is 0. The molecule has 8 rings (SSSR count). The van der Waals surface area contributed by atoms with Gasteiger partial charge < -0.3 is 23.7 Å². The predicted molar refractivity (Wildman–Crippen MR) is 255 cm³/mol. The fraction of sp³-hybridized carbons (Fsp3) is 0.226. The van der Waals surface area contributed by atoms with Crippen LogP contribution in [0.15, 0.2) is 167 Å². The number of carbonyl (C=O) groups excluding carboxylic acids is 3. The van der Waals surface area contributed by atoms with Crippen molar-refractivity contribution >= 4 is 27.7 Å². The number of carbonyl (C=O) groups is 3. The lowest BCUT2D eigenvalue weighted by molar-refractivity contribution is -0.142. The van der Waals surface area contributed by atoms with Crippen molar-refractivity contribution in [2.45, 2.75) is 70.4 Å². The van der Waals surface area contributed by atoms with E-state index in [0.717, 1.165) is 70.4 Å². The molecule has 0 fully saturated rings. The first-order chi connectivity index (χ1) is 32.4. The predicted octanol–water partition coefficient (Wildman–Crippen LogP) is 8.94. The highest BCUT2D eigenvalue weighted by molar-refractivity contribution is 7.89. The van der Waals surface area contributed by atoms with Gasteiger partial charge in [0.25, 0.3) is 17.7 Å². The second-order valence-corrected chi connectivity index (χ2v) is 18.5. The lowest BCUT2D eigenvalue weighted by Crippen LogP contribution is -2.48. The van der Waals surface area contributed by atoms with Crippen molar-refractivity contribution < 1.29 is 31.6 Å². The molecule has 2 unspecified atom stereocenters. The van der Waals surface area contributed by atoms with Crippen molar-refractivity contribution in [2.75, 3.05) is 6.26 Å². The summed E-state index contributed by atoms with van der Waals surface area (Å²) in [6.45, 7) is 1.93.